The number of methoxy groups -OCH3 is 1. The Morgan fingerprint density at radius 1 is 1.38 bits per heavy atom. The van der Waals surface area contributed by atoms with Crippen LogP contribution in [0, 0.1) is 17.8 Å². The summed E-state index contributed by atoms with van der Waals surface area (Å²) >= 11 is 0. The molecule has 114 valence electrons. The van der Waals surface area contributed by atoms with Gasteiger partial charge in [-0.2, -0.15) is 0 Å². The largest absolute Gasteiger partial charge is 0.495 e. The number of nitrogens with zero attached hydrogens (tertiary/aromatic N) is 1. The molecule has 1 aromatic rings. The predicted molar refractivity (Wildman–Crippen MR) is 87.2 cm³/mol. The van der Waals surface area contributed by atoms with Crippen molar-refractivity contribution in [1.29, 1.82) is 0 Å². The summed E-state index contributed by atoms with van der Waals surface area (Å²) in [7, 11) is 1.68. The van der Waals surface area contributed by atoms with E-state index in [1.807, 2.05) is 6.07 Å². The number of benzene rings is 1. The number of rotatable bonds is 6. The minimum absolute atomic E-state index is 0.370. The Labute approximate surface area is 128 Å². The molecular weight excluding hydrogens is 260 g/mol. The van der Waals surface area contributed by atoms with Gasteiger partial charge >= 0.3 is 0 Å². The minimum Gasteiger partial charge on any atom is -0.495 e. The van der Waals surface area contributed by atoms with Crippen LogP contribution in [-0.2, 0) is 6.54 Å². The van der Waals surface area contributed by atoms with Crippen LogP contribution in [0.4, 0.5) is 0 Å². The van der Waals surface area contributed by atoms with E-state index in [2.05, 4.69) is 42.7 Å². The summed E-state index contributed by atoms with van der Waals surface area (Å²) < 4.78 is 5.37. The molecule has 0 atom stereocenters. The average Bonchev–Trinajstić information content (AvgIpc) is 3.28. The molecule has 1 aliphatic rings. The lowest BCUT2D eigenvalue weighted by atomic mass is 10.1. The van der Waals surface area contributed by atoms with Crippen molar-refractivity contribution in [3.05, 3.63) is 29.3 Å². The SMILES string of the molecule is COc1ccc(CN(CC(C)C)C2CC2)cc1C#CCN. The van der Waals surface area contributed by atoms with Gasteiger partial charge in [0.25, 0.3) is 0 Å². The van der Waals surface area contributed by atoms with Gasteiger partial charge < -0.3 is 10.5 Å². The molecule has 2 N–H and O–H groups in total. The Balaban J connectivity index is 2.15. The van der Waals surface area contributed by atoms with E-state index in [-0.39, 0.29) is 0 Å². The van der Waals surface area contributed by atoms with Crippen LogP contribution in [-0.4, -0.2) is 31.1 Å². The molecule has 21 heavy (non-hydrogen) atoms. The van der Waals surface area contributed by atoms with Gasteiger partial charge in [-0.1, -0.05) is 31.8 Å². The van der Waals surface area contributed by atoms with E-state index in [4.69, 9.17) is 10.5 Å². The molecule has 1 fully saturated rings. The van der Waals surface area contributed by atoms with Crippen LogP contribution in [0.3, 0.4) is 0 Å². The zero-order valence-corrected chi connectivity index (χ0v) is 13.4. The van der Waals surface area contributed by atoms with Crippen LogP contribution in [0.1, 0.15) is 37.8 Å². The first-order valence-electron chi connectivity index (χ1n) is 7.74. The molecule has 1 aromatic carbocycles. The van der Waals surface area contributed by atoms with Crippen LogP contribution >= 0.6 is 0 Å². The highest BCUT2D eigenvalue weighted by atomic mass is 16.5. The molecule has 0 spiro atoms. The molecule has 0 aromatic heterocycles. The maximum Gasteiger partial charge on any atom is 0.134 e. The van der Waals surface area contributed by atoms with Gasteiger partial charge in [0.05, 0.1) is 19.2 Å². The lowest BCUT2D eigenvalue weighted by Crippen LogP contribution is -2.29. The summed E-state index contributed by atoms with van der Waals surface area (Å²) in [5.41, 5.74) is 7.69. The fraction of sp³-hybridized carbons (Fsp3) is 0.556. The number of hydrogen-bond donors (Lipinski definition) is 1. The fourth-order valence-electron chi connectivity index (χ4n) is 2.58. The van der Waals surface area contributed by atoms with Gasteiger partial charge in [0.2, 0.25) is 0 Å². The van der Waals surface area contributed by atoms with E-state index in [9.17, 15) is 0 Å². The van der Waals surface area contributed by atoms with Crippen LogP contribution in [0.15, 0.2) is 18.2 Å². The fourth-order valence-corrected chi connectivity index (χ4v) is 2.58. The van der Waals surface area contributed by atoms with Gasteiger partial charge in [0, 0.05) is 19.1 Å². The van der Waals surface area contributed by atoms with Crippen molar-refractivity contribution >= 4 is 0 Å². The molecule has 0 amide bonds. The monoisotopic (exact) mass is 286 g/mol. The topological polar surface area (TPSA) is 38.5 Å². The number of hydrogen-bond acceptors (Lipinski definition) is 3. The van der Waals surface area contributed by atoms with Crippen LogP contribution in [0.5, 0.6) is 5.75 Å². The van der Waals surface area contributed by atoms with Crippen LogP contribution in [0.25, 0.3) is 0 Å². The minimum atomic E-state index is 0.370. The zero-order valence-electron chi connectivity index (χ0n) is 13.4. The molecule has 1 saturated carbocycles. The van der Waals surface area contributed by atoms with E-state index in [1.165, 1.54) is 18.4 Å². The predicted octanol–water partition coefficient (Wildman–Crippen LogP) is 2.63. The Morgan fingerprint density at radius 2 is 2.14 bits per heavy atom. The van der Waals surface area contributed by atoms with Gasteiger partial charge in [0.15, 0.2) is 0 Å². The summed E-state index contributed by atoms with van der Waals surface area (Å²) in [6.45, 7) is 7.07. The van der Waals surface area contributed by atoms with Gasteiger partial charge in [-0.3, -0.25) is 4.90 Å². The van der Waals surface area contributed by atoms with Gasteiger partial charge in [-0.25, -0.2) is 0 Å². The Bertz CT molecular complexity index is 524. The second-order valence-electron chi connectivity index (χ2n) is 6.10. The second-order valence-corrected chi connectivity index (χ2v) is 6.10. The molecule has 0 radical (unpaired) electrons. The summed E-state index contributed by atoms with van der Waals surface area (Å²) in [4.78, 5) is 2.59. The Morgan fingerprint density at radius 3 is 2.71 bits per heavy atom. The smallest absolute Gasteiger partial charge is 0.134 e. The van der Waals surface area contributed by atoms with Gasteiger partial charge in [-0.15, -0.1) is 0 Å². The summed E-state index contributed by atoms with van der Waals surface area (Å²) in [6.07, 6.45) is 2.67. The normalized spacial score (nSPS) is 14.2. The first-order valence-corrected chi connectivity index (χ1v) is 7.74. The van der Waals surface area contributed by atoms with Crippen molar-refractivity contribution in [2.75, 3.05) is 20.2 Å². The molecule has 3 heteroatoms. The zero-order chi connectivity index (χ0) is 15.2. The maximum atomic E-state index is 5.47. The summed E-state index contributed by atoms with van der Waals surface area (Å²) in [5, 5.41) is 0. The third-order valence-electron chi connectivity index (χ3n) is 3.64. The molecule has 0 bridgehead atoms. The summed E-state index contributed by atoms with van der Waals surface area (Å²) in [6, 6.07) is 7.06. The quantitative estimate of drug-likeness (QED) is 0.817. The average molecular weight is 286 g/mol. The third kappa shape index (κ3) is 4.77. The van der Waals surface area contributed by atoms with E-state index in [0.717, 1.165) is 30.4 Å². The molecule has 2 rings (SSSR count). The molecule has 3 nitrogen and oxygen atoms in total. The first kappa shape index (κ1) is 15.9. The highest BCUT2D eigenvalue weighted by Gasteiger charge is 2.29. The number of ether oxygens (including phenoxy) is 1. The van der Waals surface area contributed by atoms with E-state index in [0.29, 0.717) is 12.5 Å². The molecule has 1 aliphatic carbocycles. The van der Waals surface area contributed by atoms with Crippen molar-refractivity contribution < 1.29 is 4.74 Å². The molecule has 0 heterocycles. The highest BCUT2D eigenvalue weighted by Crippen LogP contribution is 2.29. The van der Waals surface area contributed by atoms with Crippen molar-refractivity contribution in [3.63, 3.8) is 0 Å². The molecule has 0 unspecified atom stereocenters. The second kappa shape index (κ2) is 7.49. The lowest BCUT2D eigenvalue weighted by Gasteiger charge is -2.24. The van der Waals surface area contributed by atoms with E-state index in [1.54, 1.807) is 7.11 Å². The Kier molecular flexibility index (Phi) is 5.67. The molecule has 0 aliphatic heterocycles. The maximum absolute atomic E-state index is 5.47. The van der Waals surface area contributed by atoms with Crippen molar-refractivity contribution in [2.45, 2.75) is 39.3 Å². The van der Waals surface area contributed by atoms with Crippen molar-refractivity contribution in [3.8, 4) is 17.6 Å². The standard InChI is InChI=1S/C18H26N2O/c1-14(2)12-20(17-7-8-17)13-15-6-9-18(21-3)16(11-15)5-4-10-19/h6,9,11,14,17H,7-8,10,12-13,19H2,1-3H3. The van der Waals surface area contributed by atoms with Crippen LogP contribution in [0.2, 0.25) is 0 Å². The first-order chi connectivity index (χ1) is 10.1. The Hall–Kier alpha value is -1.50. The lowest BCUT2D eigenvalue weighted by molar-refractivity contribution is 0.226. The van der Waals surface area contributed by atoms with E-state index < -0.39 is 0 Å². The van der Waals surface area contributed by atoms with Gasteiger partial charge in [0.1, 0.15) is 5.75 Å². The van der Waals surface area contributed by atoms with E-state index >= 15 is 0 Å². The van der Waals surface area contributed by atoms with Gasteiger partial charge in [-0.05, 0) is 36.5 Å². The third-order valence-corrected chi connectivity index (χ3v) is 3.64. The van der Waals surface area contributed by atoms with Crippen LogP contribution < -0.4 is 10.5 Å². The summed E-state index contributed by atoms with van der Waals surface area (Å²) in [5.74, 6) is 7.53. The van der Waals surface area contributed by atoms with Crippen molar-refractivity contribution in [2.24, 2.45) is 11.7 Å². The van der Waals surface area contributed by atoms with Crippen molar-refractivity contribution in [1.82, 2.24) is 4.90 Å². The molecular formula is C18H26N2O. The highest BCUT2D eigenvalue weighted by molar-refractivity contribution is 5.48. The number of nitrogens with two attached hydrogens (primary N) is 1. The molecule has 0 saturated heterocycles.